The van der Waals surface area contributed by atoms with Crippen molar-refractivity contribution in [1.29, 1.82) is 0 Å². The zero-order valence-corrected chi connectivity index (χ0v) is 11.1. The molecule has 0 heterocycles. The molecule has 0 atom stereocenters. The van der Waals surface area contributed by atoms with Crippen LogP contribution in [0.1, 0.15) is 0 Å². The fourth-order valence-corrected chi connectivity index (χ4v) is 2.73. The molecule has 0 saturated carbocycles. The number of hydrogen-bond donors (Lipinski definition) is 1. The van der Waals surface area contributed by atoms with Gasteiger partial charge in [-0.2, -0.15) is 4.31 Å². The Kier molecular flexibility index (Phi) is 4.88. The lowest BCUT2D eigenvalue weighted by Crippen LogP contribution is -2.33. The number of nitrogens with zero attached hydrogens (tertiary/aromatic N) is 1. The van der Waals surface area contributed by atoms with Crippen LogP contribution >= 0.6 is 11.6 Å². The van der Waals surface area contributed by atoms with E-state index in [1.807, 2.05) is 0 Å². The van der Waals surface area contributed by atoms with Crippen LogP contribution in [0.4, 0.5) is 4.39 Å². The number of halogens is 2. The number of likely N-dealkylation sites (N-methyl/N-ethyl adjacent to an activating group) is 2. The molecule has 0 amide bonds. The minimum atomic E-state index is -3.83. The summed E-state index contributed by atoms with van der Waals surface area (Å²) in [5, 5.41) is 2.62. The Morgan fingerprint density at radius 2 is 2.12 bits per heavy atom. The highest BCUT2D eigenvalue weighted by molar-refractivity contribution is 7.89. The van der Waals surface area contributed by atoms with Gasteiger partial charge >= 0.3 is 0 Å². The summed E-state index contributed by atoms with van der Waals surface area (Å²) in [6.07, 6.45) is 0. The van der Waals surface area contributed by atoms with E-state index in [0.717, 1.165) is 4.31 Å². The van der Waals surface area contributed by atoms with E-state index in [4.69, 9.17) is 11.6 Å². The zero-order valence-electron chi connectivity index (χ0n) is 9.57. The zero-order chi connectivity index (χ0) is 13.1. The van der Waals surface area contributed by atoms with Crippen molar-refractivity contribution < 1.29 is 12.8 Å². The molecule has 96 valence electrons. The second-order valence-electron chi connectivity index (χ2n) is 3.48. The molecule has 0 radical (unpaired) electrons. The monoisotopic (exact) mass is 280 g/mol. The van der Waals surface area contributed by atoms with Crippen molar-refractivity contribution in [2.45, 2.75) is 4.90 Å². The normalized spacial score (nSPS) is 12.1. The number of rotatable bonds is 5. The molecular weight excluding hydrogens is 267 g/mol. The topological polar surface area (TPSA) is 49.4 Å². The van der Waals surface area contributed by atoms with Gasteiger partial charge in [0.25, 0.3) is 0 Å². The summed E-state index contributed by atoms with van der Waals surface area (Å²) in [6, 6.07) is 3.92. The van der Waals surface area contributed by atoms with Gasteiger partial charge in [-0.25, -0.2) is 12.8 Å². The molecule has 0 spiro atoms. The summed E-state index contributed by atoms with van der Waals surface area (Å²) in [7, 11) is -0.726. The van der Waals surface area contributed by atoms with Crippen molar-refractivity contribution >= 4 is 21.6 Å². The van der Waals surface area contributed by atoms with Crippen molar-refractivity contribution in [2.75, 3.05) is 27.2 Å². The Labute approximate surface area is 105 Å². The fraction of sp³-hybridized carbons (Fsp3) is 0.400. The van der Waals surface area contributed by atoms with Gasteiger partial charge in [-0.05, 0) is 19.2 Å². The standard InChI is InChI=1S/C10H14ClFN2O2S/c1-13-6-7-14(2)17(15,16)9-5-3-4-8(11)10(9)12/h3-5,13H,6-7H2,1-2H3. The summed E-state index contributed by atoms with van der Waals surface area (Å²) in [5.74, 6) is -0.912. The smallest absolute Gasteiger partial charge is 0.245 e. The van der Waals surface area contributed by atoms with Crippen LogP contribution in [0.5, 0.6) is 0 Å². The van der Waals surface area contributed by atoms with Crippen LogP contribution in [-0.4, -0.2) is 39.9 Å². The Balaban J connectivity index is 3.09. The molecular formula is C10H14ClFN2O2S. The van der Waals surface area contributed by atoms with Crippen LogP contribution in [0.15, 0.2) is 23.1 Å². The van der Waals surface area contributed by atoms with Gasteiger partial charge in [-0.3, -0.25) is 0 Å². The fourth-order valence-electron chi connectivity index (χ4n) is 1.24. The third-order valence-electron chi connectivity index (χ3n) is 2.28. The SMILES string of the molecule is CNCCN(C)S(=O)(=O)c1cccc(Cl)c1F. The molecule has 0 aliphatic rings. The predicted octanol–water partition coefficient (Wildman–Crippen LogP) is 1.32. The molecule has 1 aromatic carbocycles. The Morgan fingerprint density at radius 1 is 1.47 bits per heavy atom. The molecule has 1 N–H and O–H groups in total. The van der Waals surface area contributed by atoms with E-state index < -0.39 is 20.7 Å². The Morgan fingerprint density at radius 3 is 2.71 bits per heavy atom. The van der Waals surface area contributed by atoms with Crippen LogP contribution in [-0.2, 0) is 10.0 Å². The minimum Gasteiger partial charge on any atom is -0.318 e. The van der Waals surface area contributed by atoms with Gasteiger partial charge in [0.1, 0.15) is 4.90 Å². The molecule has 0 aliphatic carbocycles. The van der Waals surface area contributed by atoms with Gasteiger partial charge < -0.3 is 5.32 Å². The van der Waals surface area contributed by atoms with E-state index in [9.17, 15) is 12.8 Å². The maximum absolute atomic E-state index is 13.6. The van der Waals surface area contributed by atoms with Crippen LogP contribution in [0.25, 0.3) is 0 Å². The first kappa shape index (κ1) is 14.4. The lowest BCUT2D eigenvalue weighted by atomic mass is 10.3. The maximum atomic E-state index is 13.6. The van der Waals surface area contributed by atoms with E-state index in [1.165, 1.54) is 25.2 Å². The third-order valence-corrected chi connectivity index (χ3v) is 4.45. The van der Waals surface area contributed by atoms with Crippen molar-refractivity contribution in [3.8, 4) is 0 Å². The number of hydrogen-bond acceptors (Lipinski definition) is 3. The molecule has 0 aliphatic heterocycles. The van der Waals surface area contributed by atoms with Gasteiger partial charge in [0, 0.05) is 20.1 Å². The van der Waals surface area contributed by atoms with Crippen LogP contribution < -0.4 is 5.32 Å². The van der Waals surface area contributed by atoms with E-state index in [2.05, 4.69) is 5.32 Å². The van der Waals surface area contributed by atoms with E-state index in [0.29, 0.717) is 6.54 Å². The van der Waals surface area contributed by atoms with Crippen LogP contribution in [0.3, 0.4) is 0 Å². The molecule has 0 bridgehead atoms. The summed E-state index contributed by atoms with van der Waals surface area (Å²) < 4.78 is 38.7. The highest BCUT2D eigenvalue weighted by Gasteiger charge is 2.24. The quantitative estimate of drug-likeness (QED) is 0.885. The largest absolute Gasteiger partial charge is 0.318 e. The highest BCUT2D eigenvalue weighted by atomic mass is 35.5. The lowest BCUT2D eigenvalue weighted by Gasteiger charge is -2.17. The molecule has 1 aromatic rings. The molecule has 17 heavy (non-hydrogen) atoms. The Hall–Kier alpha value is -0.690. The van der Waals surface area contributed by atoms with Crippen molar-refractivity contribution in [2.24, 2.45) is 0 Å². The molecule has 0 saturated heterocycles. The first-order valence-electron chi connectivity index (χ1n) is 4.96. The molecule has 1 rings (SSSR count). The van der Waals surface area contributed by atoms with Crippen molar-refractivity contribution in [3.05, 3.63) is 29.0 Å². The maximum Gasteiger partial charge on any atom is 0.245 e. The second kappa shape index (κ2) is 5.77. The summed E-state index contributed by atoms with van der Waals surface area (Å²) >= 11 is 5.56. The first-order valence-corrected chi connectivity index (χ1v) is 6.78. The van der Waals surface area contributed by atoms with Gasteiger partial charge in [0.2, 0.25) is 10.0 Å². The second-order valence-corrected chi connectivity index (χ2v) is 5.90. The van der Waals surface area contributed by atoms with Crippen LogP contribution in [0.2, 0.25) is 5.02 Å². The van der Waals surface area contributed by atoms with E-state index in [-0.39, 0.29) is 11.6 Å². The summed E-state index contributed by atoms with van der Waals surface area (Å²) in [4.78, 5) is -0.399. The van der Waals surface area contributed by atoms with E-state index in [1.54, 1.807) is 7.05 Å². The number of nitrogens with one attached hydrogen (secondary N) is 1. The lowest BCUT2D eigenvalue weighted by molar-refractivity contribution is 0.459. The van der Waals surface area contributed by atoms with Crippen LogP contribution in [0, 0.1) is 5.82 Å². The number of benzene rings is 1. The predicted molar refractivity (Wildman–Crippen MR) is 65.2 cm³/mol. The minimum absolute atomic E-state index is 0.201. The van der Waals surface area contributed by atoms with Crippen molar-refractivity contribution in [1.82, 2.24) is 9.62 Å². The van der Waals surface area contributed by atoms with Gasteiger partial charge in [0.15, 0.2) is 5.82 Å². The van der Waals surface area contributed by atoms with E-state index >= 15 is 0 Å². The van der Waals surface area contributed by atoms with Gasteiger partial charge in [-0.1, -0.05) is 17.7 Å². The summed E-state index contributed by atoms with van der Waals surface area (Å²) in [6.45, 7) is 0.739. The molecule has 7 heteroatoms. The average Bonchev–Trinajstić information content (AvgIpc) is 2.29. The average molecular weight is 281 g/mol. The first-order chi connectivity index (χ1) is 7.91. The van der Waals surface area contributed by atoms with Gasteiger partial charge in [-0.15, -0.1) is 0 Å². The number of sulfonamides is 1. The molecule has 0 aromatic heterocycles. The van der Waals surface area contributed by atoms with Gasteiger partial charge in [0.05, 0.1) is 5.02 Å². The Bertz CT molecular complexity index is 493. The molecule has 4 nitrogen and oxygen atoms in total. The highest BCUT2D eigenvalue weighted by Crippen LogP contribution is 2.23. The van der Waals surface area contributed by atoms with Crippen molar-refractivity contribution in [3.63, 3.8) is 0 Å². The molecule has 0 unspecified atom stereocenters. The third kappa shape index (κ3) is 3.16. The molecule has 0 fully saturated rings. The summed E-state index contributed by atoms with van der Waals surface area (Å²) in [5.41, 5.74) is 0.